The number of pyridine rings is 2. The average Bonchev–Trinajstić information content (AvgIpc) is 3.33. The molecule has 2 aromatic heterocycles. The van der Waals surface area contributed by atoms with E-state index in [2.05, 4.69) is 42.5 Å². The van der Waals surface area contributed by atoms with E-state index in [1.54, 1.807) is 26.0 Å². The van der Waals surface area contributed by atoms with Gasteiger partial charge in [-0.25, -0.2) is 19.6 Å². The molecule has 2 aliphatic heterocycles. The Kier molecular flexibility index (Phi) is 14.6. The fourth-order valence-electron chi connectivity index (χ4n) is 3.78. The van der Waals surface area contributed by atoms with Crippen molar-refractivity contribution in [1.82, 2.24) is 15.3 Å². The van der Waals surface area contributed by atoms with Crippen LogP contribution in [0.15, 0.2) is 41.4 Å². The number of alkyl carbamates (subject to hydrolysis) is 1. The summed E-state index contributed by atoms with van der Waals surface area (Å²) in [5, 5.41) is 7.22. The van der Waals surface area contributed by atoms with Gasteiger partial charge >= 0.3 is 26.4 Å². The molecular formula is C30H44B2N6O8S2. The molecule has 0 spiro atoms. The van der Waals surface area contributed by atoms with Crippen LogP contribution in [0.25, 0.3) is 0 Å². The van der Waals surface area contributed by atoms with E-state index in [4.69, 9.17) is 41.3 Å². The minimum absolute atomic E-state index is 0.104. The summed E-state index contributed by atoms with van der Waals surface area (Å²) in [6, 6.07) is 10.8. The molecule has 14 nitrogen and oxygen atoms in total. The van der Waals surface area contributed by atoms with Crippen molar-refractivity contribution < 1.29 is 37.7 Å². The first-order valence-electron chi connectivity index (χ1n) is 15.2. The van der Waals surface area contributed by atoms with Gasteiger partial charge in [-0.15, -0.1) is 4.99 Å². The van der Waals surface area contributed by atoms with Gasteiger partial charge in [-0.05, 0) is 118 Å². The molecule has 0 unspecified atom stereocenters. The van der Waals surface area contributed by atoms with Crippen molar-refractivity contribution in [2.45, 2.75) is 91.6 Å². The second-order valence-electron chi connectivity index (χ2n) is 12.3. The predicted octanol–water partition coefficient (Wildman–Crippen LogP) is 4.03. The number of ether oxygens (including phenoxy) is 2. The second-order valence-corrected chi connectivity index (χ2v) is 12.9. The zero-order chi connectivity index (χ0) is 36.3. The van der Waals surface area contributed by atoms with Crippen molar-refractivity contribution in [3.05, 3.63) is 36.4 Å². The van der Waals surface area contributed by atoms with Crippen molar-refractivity contribution in [1.29, 1.82) is 0 Å². The van der Waals surface area contributed by atoms with Crippen molar-refractivity contribution in [2.24, 2.45) is 4.99 Å². The van der Waals surface area contributed by atoms with Crippen LogP contribution in [0.5, 0.6) is 0 Å². The van der Waals surface area contributed by atoms with Crippen LogP contribution in [-0.2, 0) is 28.1 Å². The molecule has 0 aliphatic carbocycles. The summed E-state index contributed by atoms with van der Waals surface area (Å²) < 4.78 is 32.8. The van der Waals surface area contributed by atoms with Gasteiger partial charge in [0.05, 0.1) is 52.0 Å². The van der Waals surface area contributed by atoms with E-state index in [0.717, 1.165) is 5.59 Å². The molecule has 0 atom stereocenters. The third kappa shape index (κ3) is 11.6. The molecule has 0 saturated carbocycles. The molecule has 2 aliphatic rings. The Morgan fingerprint density at radius 2 is 1.29 bits per heavy atom. The van der Waals surface area contributed by atoms with Gasteiger partial charge < -0.3 is 39.1 Å². The van der Waals surface area contributed by atoms with Crippen LogP contribution < -0.4 is 27.6 Å². The van der Waals surface area contributed by atoms with Crippen LogP contribution in [0, 0.1) is 0 Å². The maximum absolute atomic E-state index is 11.3. The topological polar surface area (TPSA) is 178 Å². The molecule has 2 saturated heterocycles. The maximum Gasteiger partial charge on any atom is 0.514 e. The first-order valence-corrected chi connectivity index (χ1v) is 16.0. The maximum atomic E-state index is 11.3. The number of nitrogens with zero attached hydrogens (tertiary/aromatic N) is 3. The quantitative estimate of drug-likeness (QED) is 0.231. The number of anilines is 2. The molecule has 0 bridgehead atoms. The Morgan fingerprint density at radius 3 is 1.73 bits per heavy atom. The molecule has 2 aromatic rings. The third-order valence-corrected chi connectivity index (χ3v) is 7.99. The van der Waals surface area contributed by atoms with Gasteiger partial charge in [0.1, 0.15) is 11.6 Å². The van der Waals surface area contributed by atoms with Crippen molar-refractivity contribution in [3.63, 3.8) is 0 Å². The smallest absolute Gasteiger partial charge is 0.450 e. The number of hydrogen-bond acceptors (Lipinski definition) is 13. The van der Waals surface area contributed by atoms with E-state index in [0.29, 0.717) is 23.8 Å². The number of amides is 2. The van der Waals surface area contributed by atoms with Crippen molar-refractivity contribution in [3.8, 4) is 0 Å². The number of nitrogens with one attached hydrogen (secondary N) is 2. The Bertz CT molecular complexity index is 1460. The molecular weight excluding hydrogens is 658 g/mol. The lowest BCUT2D eigenvalue weighted by molar-refractivity contribution is 0.00578. The Morgan fingerprint density at radius 1 is 0.833 bits per heavy atom. The minimum atomic E-state index is -0.678. The highest BCUT2D eigenvalue weighted by atomic mass is 32.1. The molecule has 4 rings (SSSR count). The highest BCUT2D eigenvalue weighted by Crippen LogP contribution is 2.37. The van der Waals surface area contributed by atoms with Crippen LogP contribution >= 0.6 is 24.4 Å². The summed E-state index contributed by atoms with van der Waals surface area (Å²) >= 11 is 9.18. The lowest BCUT2D eigenvalue weighted by atomic mass is 9.84. The molecule has 4 N–H and O–H groups in total. The van der Waals surface area contributed by atoms with E-state index in [1.165, 1.54) is 0 Å². The zero-order valence-corrected chi connectivity index (χ0v) is 30.7. The summed E-state index contributed by atoms with van der Waals surface area (Å²) in [7, 11) is -1.00. The first kappa shape index (κ1) is 40.7. The van der Waals surface area contributed by atoms with Gasteiger partial charge in [0.15, 0.2) is 5.11 Å². The lowest BCUT2D eigenvalue weighted by Crippen LogP contribution is -2.41. The number of carbonyl (C=O) groups excluding carboxylic acids is 2. The third-order valence-electron chi connectivity index (χ3n) is 7.69. The SMILES string of the molecule is CC1(C)OB(c2cccc(N)n2)OC1(C)C.CCOC(=O)N=C=S.CCOC(=O)NC(=S)Nc1cccc(B2OC(C)(C)C(C)(C)O2)n1. The number of rotatable bonds is 5. The van der Waals surface area contributed by atoms with E-state index in [-0.39, 0.29) is 22.9 Å². The average molecular weight is 702 g/mol. The van der Waals surface area contributed by atoms with Crippen LogP contribution in [0.3, 0.4) is 0 Å². The van der Waals surface area contributed by atoms with Gasteiger partial charge in [-0.2, -0.15) is 0 Å². The van der Waals surface area contributed by atoms with Crippen LogP contribution in [-0.4, -0.2) is 82.3 Å². The molecule has 2 fully saturated rings. The number of aliphatic imine (C=N–C) groups is 1. The van der Waals surface area contributed by atoms with Crippen LogP contribution in [0.2, 0.25) is 0 Å². The summed E-state index contributed by atoms with van der Waals surface area (Å²) in [6.45, 7) is 20.0. The Labute approximate surface area is 293 Å². The number of hydrogen-bond donors (Lipinski definition) is 3. The fraction of sp³-hybridized carbons (Fsp3) is 0.533. The molecule has 2 amide bonds. The van der Waals surface area contributed by atoms with Gasteiger partial charge in [0, 0.05) is 0 Å². The highest BCUT2D eigenvalue weighted by molar-refractivity contribution is 7.80. The predicted molar refractivity (Wildman–Crippen MR) is 193 cm³/mol. The van der Waals surface area contributed by atoms with E-state index >= 15 is 0 Å². The Hall–Kier alpha value is -3.50. The molecule has 48 heavy (non-hydrogen) atoms. The molecule has 18 heteroatoms. The number of isothiocyanates is 1. The number of nitrogen functional groups attached to an aromatic ring is 1. The van der Waals surface area contributed by atoms with Gasteiger partial charge in [-0.3, -0.25) is 5.32 Å². The summed E-state index contributed by atoms with van der Waals surface area (Å²) in [6.07, 6.45) is -1.29. The number of aromatic nitrogens is 2. The minimum Gasteiger partial charge on any atom is -0.450 e. The lowest BCUT2D eigenvalue weighted by Gasteiger charge is -2.32. The van der Waals surface area contributed by atoms with E-state index in [9.17, 15) is 9.59 Å². The normalized spacial score (nSPS) is 17.7. The first-order chi connectivity index (χ1) is 22.3. The fourth-order valence-corrected chi connectivity index (χ4v) is 4.04. The largest absolute Gasteiger partial charge is 0.514 e. The van der Waals surface area contributed by atoms with E-state index < -0.39 is 37.6 Å². The monoisotopic (exact) mass is 702 g/mol. The van der Waals surface area contributed by atoms with Gasteiger partial charge in [0.25, 0.3) is 0 Å². The standard InChI is InChI=1S/C15H22BN3O4S.C11H17BN2O2.C4H5NO2S/c1-6-21-13(20)19-12(24)18-11-9-7-8-10(17-11)16-22-14(2,3)15(4,5)23-16;1-10(2)11(3,4)16-12(15-10)8-6-5-7-9(13)14-8;1-2-7-4(6)5-3-8/h7-9H,6H2,1-5H3,(H2,17,18,19,20,24);5-7H,1-4H3,(H2,13,14);2H2,1H3. The van der Waals surface area contributed by atoms with Crippen LogP contribution in [0.1, 0.15) is 69.2 Å². The van der Waals surface area contributed by atoms with Crippen molar-refractivity contribution in [2.75, 3.05) is 24.3 Å². The van der Waals surface area contributed by atoms with Crippen LogP contribution in [0.4, 0.5) is 21.2 Å². The summed E-state index contributed by atoms with van der Waals surface area (Å²) in [5.74, 6) is 0.955. The van der Waals surface area contributed by atoms with Crippen molar-refractivity contribution >= 4 is 84.0 Å². The summed E-state index contributed by atoms with van der Waals surface area (Å²) in [5.41, 5.74) is 5.41. The molecule has 4 heterocycles. The zero-order valence-electron chi connectivity index (χ0n) is 29.0. The second kappa shape index (κ2) is 17.2. The molecule has 260 valence electrons. The number of carbonyl (C=O) groups is 2. The van der Waals surface area contributed by atoms with Gasteiger partial charge in [-0.1, -0.05) is 12.1 Å². The number of nitrogens with two attached hydrogens (primary N) is 1. The van der Waals surface area contributed by atoms with E-state index in [1.807, 2.05) is 84.8 Å². The Balaban J connectivity index is 0.000000285. The number of thiocarbonyl (C=S) groups is 2. The molecule has 0 radical (unpaired) electrons. The summed E-state index contributed by atoms with van der Waals surface area (Å²) in [4.78, 5) is 33.1. The molecule has 0 aromatic carbocycles. The highest BCUT2D eigenvalue weighted by Gasteiger charge is 2.53. The van der Waals surface area contributed by atoms with Gasteiger partial charge in [0.2, 0.25) is 0 Å².